The van der Waals surface area contributed by atoms with Gasteiger partial charge in [-0.1, -0.05) is 0 Å². The first-order valence-electron chi connectivity index (χ1n) is 6.17. The van der Waals surface area contributed by atoms with E-state index in [0.29, 0.717) is 4.47 Å². The van der Waals surface area contributed by atoms with Crippen molar-refractivity contribution in [2.24, 2.45) is 5.92 Å². The van der Waals surface area contributed by atoms with Crippen molar-refractivity contribution in [2.75, 3.05) is 0 Å². The molecule has 0 spiro atoms. The van der Waals surface area contributed by atoms with E-state index in [0.717, 1.165) is 19.3 Å². The van der Waals surface area contributed by atoms with Crippen LogP contribution in [0.4, 0.5) is 5.69 Å². The summed E-state index contributed by atoms with van der Waals surface area (Å²) in [6.07, 6.45) is 2.44. The second-order valence-corrected chi connectivity index (χ2v) is 5.52. The molecule has 2 rings (SSSR count). The lowest BCUT2D eigenvalue weighted by atomic mass is 10.1. The number of hydrogen-bond donors (Lipinski definition) is 1. The molecule has 0 aromatic heterocycles. The molecule has 20 heavy (non-hydrogen) atoms. The van der Waals surface area contributed by atoms with Crippen LogP contribution < -0.4 is 5.32 Å². The Morgan fingerprint density at radius 3 is 2.90 bits per heavy atom. The molecule has 0 saturated heterocycles. The zero-order chi connectivity index (χ0) is 14.7. The van der Waals surface area contributed by atoms with Crippen molar-refractivity contribution in [3.63, 3.8) is 0 Å². The Hall–Kier alpha value is -1.94. The number of nitro groups is 1. The third kappa shape index (κ3) is 2.96. The highest BCUT2D eigenvalue weighted by atomic mass is 79.9. The standard InChI is InChI=1S/C13H12BrN3O3/c14-11-5-4-9(17(19)20)6-10(11)13(18)16-12-3-1-2-8(12)7-15/h4-6,8,12H,1-3H2,(H,16,18). The average molecular weight is 338 g/mol. The fourth-order valence-electron chi connectivity index (χ4n) is 2.33. The van der Waals surface area contributed by atoms with Crippen molar-refractivity contribution in [1.82, 2.24) is 5.32 Å². The van der Waals surface area contributed by atoms with E-state index in [1.807, 2.05) is 0 Å². The molecule has 0 heterocycles. The maximum atomic E-state index is 12.2. The van der Waals surface area contributed by atoms with Gasteiger partial charge < -0.3 is 5.32 Å². The number of amides is 1. The third-order valence-electron chi connectivity index (χ3n) is 3.40. The molecule has 1 aliphatic rings. The number of halogens is 1. The predicted octanol–water partition coefficient (Wildman–Crippen LogP) is 2.78. The van der Waals surface area contributed by atoms with Crippen LogP contribution in [-0.4, -0.2) is 16.9 Å². The van der Waals surface area contributed by atoms with Gasteiger partial charge in [0.15, 0.2) is 0 Å². The first kappa shape index (κ1) is 14.5. The molecule has 1 saturated carbocycles. The Bertz CT molecular complexity index is 597. The lowest BCUT2D eigenvalue weighted by Gasteiger charge is -2.16. The summed E-state index contributed by atoms with van der Waals surface area (Å²) in [6.45, 7) is 0. The summed E-state index contributed by atoms with van der Waals surface area (Å²) < 4.78 is 0.493. The number of nitriles is 1. The van der Waals surface area contributed by atoms with Gasteiger partial charge in [0.2, 0.25) is 0 Å². The van der Waals surface area contributed by atoms with Gasteiger partial charge in [-0.05, 0) is 41.3 Å². The average Bonchev–Trinajstić information content (AvgIpc) is 2.86. The minimum Gasteiger partial charge on any atom is -0.348 e. The molecule has 1 N–H and O–H groups in total. The number of nitrogens with one attached hydrogen (secondary N) is 1. The van der Waals surface area contributed by atoms with Gasteiger partial charge in [-0.15, -0.1) is 0 Å². The summed E-state index contributed by atoms with van der Waals surface area (Å²) >= 11 is 3.21. The molecule has 1 aliphatic carbocycles. The highest BCUT2D eigenvalue weighted by molar-refractivity contribution is 9.10. The SMILES string of the molecule is N#CC1CCCC1NC(=O)c1cc([N+](=O)[O-])ccc1Br. The zero-order valence-electron chi connectivity index (χ0n) is 10.5. The van der Waals surface area contributed by atoms with Gasteiger partial charge in [0.05, 0.1) is 22.5 Å². The molecule has 1 aromatic carbocycles. The van der Waals surface area contributed by atoms with Gasteiger partial charge >= 0.3 is 0 Å². The normalized spacial score (nSPS) is 21.2. The van der Waals surface area contributed by atoms with Crippen molar-refractivity contribution in [3.05, 3.63) is 38.3 Å². The lowest BCUT2D eigenvalue weighted by Crippen LogP contribution is -2.37. The molecular formula is C13H12BrN3O3. The zero-order valence-corrected chi connectivity index (χ0v) is 12.1. The van der Waals surface area contributed by atoms with Crippen LogP contribution >= 0.6 is 15.9 Å². The van der Waals surface area contributed by atoms with Crippen LogP contribution in [0.5, 0.6) is 0 Å². The monoisotopic (exact) mass is 337 g/mol. The first-order chi connectivity index (χ1) is 9.52. The molecule has 1 fully saturated rings. The van der Waals surface area contributed by atoms with E-state index in [9.17, 15) is 14.9 Å². The number of nitrogens with zero attached hydrogens (tertiary/aromatic N) is 2. The Morgan fingerprint density at radius 2 is 2.25 bits per heavy atom. The van der Waals surface area contributed by atoms with E-state index < -0.39 is 10.8 Å². The lowest BCUT2D eigenvalue weighted by molar-refractivity contribution is -0.384. The van der Waals surface area contributed by atoms with E-state index >= 15 is 0 Å². The van der Waals surface area contributed by atoms with Crippen LogP contribution in [0.1, 0.15) is 29.6 Å². The number of rotatable bonds is 3. The van der Waals surface area contributed by atoms with Gasteiger partial charge in [-0.2, -0.15) is 5.26 Å². The van der Waals surface area contributed by atoms with E-state index in [4.69, 9.17) is 5.26 Å². The van der Waals surface area contributed by atoms with Crippen molar-refractivity contribution in [3.8, 4) is 6.07 Å². The Morgan fingerprint density at radius 1 is 1.50 bits per heavy atom. The van der Waals surface area contributed by atoms with Gasteiger partial charge in [-0.25, -0.2) is 0 Å². The molecule has 0 radical (unpaired) electrons. The molecule has 0 aliphatic heterocycles. The fraction of sp³-hybridized carbons (Fsp3) is 0.385. The number of nitro benzene ring substituents is 1. The molecule has 6 nitrogen and oxygen atoms in total. The molecule has 1 aromatic rings. The van der Waals surface area contributed by atoms with E-state index in [2.05, 4.69) is 27.3 Å². The largest absolute Gasteiger partial charge is 0.348 e. The highest BCUT2D eigenvalue weighted by Crippen LogP contribution is 2.27. The first-order valence-corrected chi connectivity index (χ1v) is 6.96. The van der Waals surface area contributed by atoms with E-state index in [1.54, 1.807) is 0 Å². The molecule has 7 heteroatoms. The Kier molecular flexibility index (Phi) is 4.35. The summed E-state index contributed by atoms with van der Waals surface area (Å²) in [5.41, 5.74) is 0.0735. The summed E-state index contributed by atoms with van der Waals surface area (Å²) in [5.74, 6) is -0.579. The predicted molar refractivity (Wildman–Crippen MR) is 75.0 cm³/mol. The molecule has 1 amide bonds. The summed E-state index contributed by atoms with van der Waals surface area (Å²) in [5, 5.41) is 22.5. The third-order valence-corrected chi connectivity index (χ3v) is 4.10. The van der Waals surface area contributed by atoms with Crippen LogP contribution in [-0.2, 0) is 0 Å². The number of hydrogen-bond acceptors (Lipinski definition) is 4. The van der Waals surface area contributed by atoms with Crippen LogP contribution in [0.25, 0.3) is 0 Å². The second-order valence-electron chi connectivity index (χ2n) is 4.67. The van der Waals surface area contributed by atoms with Crippen LogP contribution in [0, 0.1) is 27.4 Å². The molecule has 104 valence electrons. The van der Waals surface area contributed by atoms with Crippen molar-refractivity contribution < 1.29 is 9.72 Å². The molecule has 2 atom stereocenters. The van der Waals surface area contributed by atoms with Gasteiger partial charge in [0.25, 0.3) is 11.6 Å². The smallest absolute Gasteiger partial charge is 0.270 e. The molecule has 0 bridgehead atoms. The maximum absolute atomic E-state index is 12.2. The minimum absolute atomic E-state index is 0.137. The topological polar surface area (TPSA) is 96.0 Å². The van der Waals surface area contributed by atoms with E-state index in [-0.39, 0.29) is 23.2 Å². The quantitative estimate of drug-likeness (QED) is 0.677. The van der Waals surface area contributed by atoms with E-state index in [1.165, 1.54) is 18.2 Å². The minimum atomic E-state index is -0.545. The van der Waals surface area contributed by atoms with Crippen molar-refractivity contribution in [1.29, 1.82) is 5.26 Å². The summed E-state index contributed by atoms with van der Waals surface area (Å²) in [4.78, 5) is 22.4. The highest BCUT2D eigenvalue weighted by Gasteiger charge is 2.29. The summed E-state index contributed by atoms with van der Waals surface area (Å²) in [6, 6.07) is 6.03. The van der Waals surface area contributed by atoms with Gasteiger partial charge in [0, 0.05) is 22.6 Å². The van der Waals surface area contributed by atoms with Gasteiger partial charge in [0.1, 0.15) is 0 Å². The summed E-state index contributed by atoms with van der Waals surface area (Å²) in [7, 11) is 0. The number of benzene rings is 1. The van der Waals surface area contributed by atoms with Crippen molar-refractivity contribution in [2.45, 2.75) is 25.3 Å². The maximum Gasteiger partial charge on any atom is 0.270 e. The molecular weight excluding hydrogens is 326 g/mol. The number of carbonyl (C=O) groups is 1. The Labute approximate surface area is 124 Å². The van der Waals surface area contributed by atoms with Crippen molar-refractivity contribution >= 4 is 27.5 Å². The Balaban J connectivity index is 2.19. The molecule has 2 unspecified atom stereocenters. The van der Waals surface area contributed by atoms with Crippen LogP contribution in [0.2, 0.25) is 0 Å². The number of non-ortho nitro benzene ring substituents is 1. The number of carbonyl (C=O) groups excluding carboxylic acids is 1. The van der Waals surface area contributed by atoms with Crippen LogP contribution in [0.3, 0.4) is 0 Å². The van der Waals surface area contributed by atoms with Crippen LogP contribution in [0.15, 0.2) is 22.7 Å². The second kappa shape index (κ2) is 6.01. The fourth-order valence-corrected chi connectivity index (χ4v) is 2.76. The van der Waals surface area contributed by atoms with Gasteiger partial charge in [-0.3, -0.25) is 14.9 Å².